The molecule has 0 spiro atoms. The molecule has 0 saturated carbocycles. The van der Waals surface area contributed by atoms with Crippen molar-refractivity contribution in [1.82, 2.24) is 14.5 Å². The van der Waals surface area contributed by atoms with Crippen LogP contribution < -0.4 is 16.6 Å². The van der Waals surface area contributed by atoms with Crippen LogP contribution in [0.3, 0.4) is 0 Å². The average molecular weight is 376 g/mol. The number of carbonyl (C=O) groups is 1. The van der Waals surface area contributed by atoms with Crippen molar-refractivity contribution in [1.29, 1.82) is 0 Å². The zero-order chi connectivity index (χ0) is 19.5. The maximum atomic E-state index is 12.4. The Morgan fingerprint density at radius 1 is 1.14 bits per heavy atom. The van der Waals surface area contributed by atoms with Crippen molar-refractivity contribution in [2.24, 2.45) is 0 Å². The molecular formula is C20H16N4O4. The van der Waals surface area contributed by atoms with Crippen LogP contribution in [0.2, 0.25) is 0 Å². The van der Waals surface area contributed by atoms with E-state index in [1.165, 1.54) is 11.0 Å². The summed E-state index contributed by atoms with van der Waals surface area (Å²) in [6, 6.07) is 14.0. The summed E-state index contributed by atoms with van der Waals surface area (Å²) in [5.74, 6) is 0.347. The number of para-hydroxylation sites is 1. The molecule has 0 bridgehead atoms. The van der Waals surface area contributed by atoms with Gasteiger partial charge in [0.2, 0.25) is 5.91 Å². The molecule has 2 heterocycles. The van der Waals surface area contributed by atoms with Crippen LogP contribution in [0.5, 0.6) is 0 Å². The molecule has 1 amide bonds. The zero-order valence-corrected chi connectivity index (χ0v) is 14.7. The van der Waals surface area contributed by atoms with Gasteiger partial charge < -0.3 is 9.73 Å². The van der Waals surface area contributed by atoms with E-state index in [0.29, 0.717) is 22.4 Å². The van der Waals surface area contributed by atoms with Crippen LogP contribution in [0.25, 0.3) is 22.2 Å². The molecule has 28 heavy (non-hydrogen) atoms. The second kappa shape index (κ2) is 7.36. The number of benzene rings is 2. The van der Waals surface area contributed by atoms with Crippen LogP contribution in [0, 0.1) is 0 Å². The minimum Gasteiger partial charge on any atom is -0.444 e. The molecule has 0 atom stereocenters. The van der Waals surface area contributed by atoms with E-state index in [9.17, 15) is 14.4 Å². The Labute approximate surface area is 158 Å². The highest BCUT2D eigenvalue weighted by atomic mass is 16.3. The van der Waals surface area contributed by atoms with Gasteiger partial charge in [0.1, 0.15) is 0 Å². The van der Waals surface area contributed by atoms with Gasteiger partial charge in [-0.05, 0) is 24.3 Å². The first-order valence-electron chi connectivity index (χ1n) is 8.62. The molecule has 140 valence electrons. The van der Waals surface area contributed by atoms with Crippen molar-refractivity contribution in [3.8, 4) is 11.3 Å². The molecule has 2 N–H and O–H groups in total. The molecule has 0 unspecified atom stereocenters. The van der Waals surface area contributed by atoms with Crippen molar-refractivity contribution >= 4 is 22.5 Å². The van der Waals surface area contributed by atoms with Crippen LogP contribution in [0.4, 0.5) is 5.69 Å². The van der Waals surface area contributed by atoms with Gasteiger partial charge in [-0.25, -0.2) is 9.78 Å². The molecule has 2 aromatic heterocycles. The Morgan fingerprint density at radius 2 is 2.00 bits per heavy atom. The van der Waals surface area contributed by atoms with Crippen molar-refractivity contribution in [3.63, 3.8) is 0 Å². The van der Waals surface area contributed by atoms with E-state index in [0.717, 1.165) is 5.56 Å². The average Bonchev–Trinajstić information content (AvgIpc) is 3.23. The van der Waals surface area contributed by atoms with Crippen molar-refractivity contribution < 1.29 is 9.21 Å². The van der Waals surface area contributed by atoms with Gasteiger partial charge in [-0.2, -0.15) is 0 Å². The molecule has 2 aromatic carbocycles. The first kappa shape index (κ1) is 17.5. The molecule has 4 rings (SSSR count). The quantitative estimate of drug-likeness (QED) is 0.556. The second-order valence-corrected chi connectivity index (χ2v) is 6.17. The second-order valence-electron chi connectivity index (χ2n) is 6.17. The molecule has 0 radical (unpaired) electrons. The number of nitrogens with zero attached hydrogens (tertiary/aromatic N) is 2. The highest BCUT2D eigenvalue weighted by Crippen LogP contribution is 2.22. The van der Waals surface area contributed by atoms with Gasteiger partial charge in [0.15, 0.2) is 12.2 Å². The molecule has 8 heteroatoms. The van der Waals surface area contributed by atoms with Gasteiger partial charge in [0, 0.05) is 24.2 Å². The highest BCUT2D eigenvalue weighted by Gasteiger charge is 2.10. The summed E-state index contributed by atoms with van der Waals surface area (Å²) in [5.41, 5.74) is 0.918. The predicted octanol–water partition coefficient (Wildman–Crippen LogP) is 2.37. The fourth-order valence-electron chi connectivity index (χ4n) is 3.01. The van der Waals surface area contributed by atoms with Gasteiger partial charge in [-0.15, -0.1) is 0 Å². The molecule has 4 aromatic rings. The fourth-order valence-corrected chi connectivity index (χ4v) is 3.01. The molecule has 0 aliphatic heterocycles. The molecule has 0 aliphatic rings. The predicted molar refractivity (Wildman–Crippen MR) is 104 cm³/mol. The van der Waals surface area contributed by atoms with Gasteiger partial charge in [-0.3, -0.25) is 19.1 Å². The lowest BCUT2D eigenvalue weighted by atomic mass is 10.1. The van der Waals surface area contributed by atoms with E-state index in [-0.39, 0.29) is 18.9 Å². The maximum Gasteiger partial charge on any atom is 0.328 e. The van der Waals surface area contributed by atoms with Crippen molar-refractivity contribution in [2.45, 2.75) is 13.0 Å². The van der Waals surface area contributed by atoms with E-state index >= 15 is 0 Å². The number of nitrogens with one attached hydrogen (secondary N) is 2. The lowest BCUT2D eigenvalue weighted by Crippen LogP contribution is -2.31. The first-order valence-corrected chi connectivity index (χ1v) is 8.62. The number of rotatable bonds is 5. The zero-order valence-electron chi connectivity index (χ0n) is 14.7. The Balaban J connectivity index is 1.50. The maximum absolute atomic E-state index is 12.4. The number of aromatic amines is 1. The molecule has 8 nitrogen and oxygen atoms in total. The number of fused-ring (bicyclic) bond motifs is 1. The van der Waals surface area contributed by atoms with E-state index in [1.54, 1.807) is 48.7 Å². The molecular weight excluding hydrogens is 360 g/mol. The fraction of sp³-hybridized carbons (Fsp3) is 0.100. The summed E-state index contributed by atoms with van der Waals surface area (Å²) in [5, 5.41) is 3.21. The van der Waals surface area contributed by atoms with E-state index in [1.807, 2.05) is 6.07 Å². The Kier molecular flexibility index (Phi) is 4.59. The van der Waals surface area contributed by atoms with Crippen LogP contribution >= 0.6 is 0 Å². The van der Waals surface area contributed by atoms with Gasteiger partial charge in [0.25, 0.3) is 5.56 Å². The van der Waals surface area contributed by atoms with E-state index in [2.05, 4.69) is 15.3 Å². The summed E-state index contributed by atoms with van der Waals surface area (Å²) in [4.78, 5) is 42.6. The third-order valence-electron chi connectivity index (χ3n) is 4.33. The van der Waals surface area contributed by atoms with Gasteiger partial charge in [0.05, 0.1) is 17.1 Å². The summed E-state index contributed by atoms with van der Waals surface area (Å²) in [7, 11) is 0. The largest absolute Gasteiger partial charge is 0.444 e. The number of anilines is 1. The number of carbonyl (C=O) groups excluding carboxylic acids is 1. The summed E-state index contributed by atoms with van der Waals surface area (Å²) in [6.07, 6.45) is 3.00. The SMILES string of the molecule is O=C(CCn1c(=O)[nH]c(=O)c2ccccc21)Nc1cccc(-c2cnco2)c1. The lowest BCUT2D eigenvalue weighted by molar-refractivity contribution is -0.116. The topological polar surface area (TPSA) is 110 Å². The summed E-state index contributed by atoms with van der Waals surface area (Å²) >= 11 is 0. The third-order valence-corrected chi connectivity index (χ3v) is 4.33. The minimum atomic E-state index is -0.538. The molecule has 0 saturated heterocycles. The third kappa shape index (κ3) is 3.48. The number of H-pyrrole nitrogens is 1. The summed E-state index contributed by atoms with van der Waals surface area (Å²) < 4.78 is 6.65. The van der Waals surface area contributed by atoms with Crippen LogP contribution in [-0.4, -0.2) is 20.4 Å². The number of oxazole rings is 1. The van der Waals surface area contributed by atoms with Gasteiger partial charge >= 0.3 is 5.69 Å². The molecule has 0 fully saturated rings. The normalized spacial score (nSPS) is 10.9. The monoisotopic (exact) mass is 376 g/mol. The van der Waals surface area contributed by atoms with E-state index < -0.39 is 11.2 Å². The Hall–Kier alpha value is -3.94. The number of aryl methyl sites for hydroxylation is 1. The van der Waals surface area contributed by atoms with E-state index in [4.69, 9.17) is 4.42 Å². The van der Waals surface area contributed by atoms with Crippen molar-refractivity contribution in [3.05, 3.63) is 82.0 Å². The highest BCUT2D eigenvalue weighted by molar-refractivity contribution is 5.91. The Morgan fingerprint density at radius 3 is 2.82 bits per heavy atom. The number of hydrogen-bond donors (Lipinski definition) is 2. The first-order chi connectivity index (χ1) is 13.6. The van der Waals surface area contributed by atoms with Gasteiger partial charge in [-0.1, -0.05) is 24.3 Å². The number of amides is 1. The number of hydrogen-bond acceptors (Lipinski definition) is 5. The van der Waals surface area contributed by atoms with Crippen LogP contribution in [0.1, 0.15) is 6.42 Å². The lowest BCUT2D eigenvalue weighted by Gasteiger charge is -2.10. The van der Waals surface area contributed by atoms with Crippen LogP contribution in [0.15, 0.2) is 75.1 Å². The molecule has 0 aliphatic carbocycles. The number of aromatic nitrogens is 3. The Bertz CT molecular complexity index is 1260. The standard InChI is InChI=1S/C20H16N4O4/c25-18(22-14-5-3-4-13(10-14)17-11-21-12-28-17)8-9-24-16-7-2-1-6-15(16)19(26)23-20(24)27/h1-7,10-12H,8-9H2,(H,22,25)(H,23,26,27). The smallest absolute Gasteiger partial charge is 0.328 e. The van der Waals surface area contributed by atoms with Crippen LogP contribution in [-0.2, 0) is 11.3 Å². The minimum absolute atomic E-state index is 0.0719. The summed E-state index contributed by atoms with van der Waals surface area (Å²) in [6.45, 7) is 0.143. The van der Waals surface area contributed by atoms with Crippen molar-refractivity contribution in [2.75, 3.05) is 5.32 Å².